The summed E-state index contributed by atoms with van der Waals surface area (Å²) >= 11 is 0. The number of hydrogen-bond donors (Lipinski definition) is 0. The SMILES string of the molecule is c1ccc(N(c2ccc(-c3ccc4c(ccc5ccccc54)c3)cc2)c2cc(-c3ccccc3-n3c4ccccc4c4ccccc43)c3oc4ccccc4c3c2)cc1. The third kappa shape index (κ3) is 5.36. The summed E-state index contributed by atoms with van der Waals surface area (Å²) in [7, 11) is 0. The van der Waals surface area contributed by atoms with Crippen LogP contribution in [0.3, 0.4) is 0 Å². The molecule has 3 nitrogen and oxygen atoms in total. The van der Waals surface area contributed by atoms with Crippen molar-refractivity contribution in [1.82, 2.24) is 4.57 Å². The molecule has 0 N–H and O–H groups in total. The van der Waals surface area contributed by atoms with Gasteiger partial charge in [-0.1, -0.05) is 152 Å². The average Bonchev–Trinajstić information content (AvgIpc) is 3.85. The number of aromatic nitrogens is 1. The van der Waals surface area contributed by atoms with Crippen LogP contribution in [0.2, 0.25) is 0 Å². The smallest absolute Gasteiger partial charge is 0.143 e. The maximum atomic E-state index is 6.82. The number of para-hydroxylation sites is 5. The summed E-state index contributed by atoms with van der Waals surface area (Å²) in [6.07, 6.45) is 0. The Kier molecular flexibility index (Phi) is 7.54. The van der Waals surface area contributed by atoms with E-state index >= 15 is 0 Å². The summed E-state index contributed by atoms with van der Waals surface area (Å²) in [6, 6.07) is 78.7. The summed E-state index contributed by atoms with van der Waals surface area (Å²) < 4.78 is 9.23. The lowest BCUT2D eigenvalue weighted by Crippen LogP contribution is -2.10. The highest BCUT2D eigenvalue weighted by Gasteiger charge is 2.22. The molecule has 0 bridgehead atoms. The van der Waals surface area contributed by atoms with E-state index in [4.69, 9.17) is 4.42 Å². The Bertz CT molecular complexity index is 3500. The zero-order valence-electron chi connectivity index (χ0n) is 32.1. The molecule has 0 saturated heterocycles. The van der Waals surface area contributed by atoms with Crippen molar-refractivity contribution in [2.45, 2.75) is 0 Å². The highest BCUT2D eigenvalue weighted by molar-refractivity contribution is 6.14. The Labute approximate surface area is 341 Å². The first-order valence-corrected chi connectivity index (χ1v) is 20.2. The van der Waals surface area contributed by atoms with Crippen LogP contribution in [0.1, 0.15) is 0 Å². The lowest BCUT2D eigenvalue weighted by Gasteiger charge is -2.26. The van der Waals surface area contributed by atoms with Gasteiger partial charge in [0.1, 0.15) is 11.2 Å². The van der Waals surface area contributed by atoms with Crippen LogP contribution in [0.25, 0.3) is 93.2 Å². The highest BCUT2D eigenvalue weighted by Crippen LogP contribution is 2.46. The van der Waals surface area contributed by atoms with Crippen LogP contribution in [0.4, 0.5) is 17.1 Å². The van der Waals surface area contributed by atoms with Gasteiger partial charge in [0.2, 0.25) is 0 Å². The van der Waals surface area contributed by atoms with E-state index in [0.717, 1.165) is 55.8 Å². The van der Waals surface area contributed by atoms with Gasteiger partial charge >= 0.3 is 0 Å². The highest BCUT2D eigenvalue weighted by atomic mass is 16.3. The van der Waals surface area contributed by atoms with Gasteiger partial charge in [0.15, 0.2) is 0 Å². The standard InChI is InChI=1S/C56H36N2O/c1-2-15-41(16-3-1)57(42-31-28-37(29-32-42)39-30-33-45-40(34-39)27-26-38-14-4-5-17-44(38)45)43-35-50(56-51(36-43)49-21-9-13-25-55(49)59-56)48-20-8-12-24-54(48)58-52-22-10-6-18-46(52)47-19-7-11-23-53(47)58/h1-36H. The molecule has 12 rings (SSSR count). The second kappa shape index (κ2) is 13.4. The van der Waals surface area contributed by atoms with Gasteiger partial charge < -0.3 is 13.9 Å². The fraction of sp³-hybridized carbons (Fsp3) is 0. The van der Waals surface area contributed by atoms with Gasteiger partial charge in [0, 0.05) is 49.7 Å². The van der Waals surface area contributed by atoms with Crippen LogP contribution >= 0.6 is 0 Å². The third-order valence-electron chi connectivity index (χ3n) is 12.0. The largest absolute Gasteiger partial charge is 0.455 e. The molecule has 0 fully saturated rings. The van der Waals surface area contributed by atoms with Crippen LogP contribution in [0, 0.1) is 0 Å². The summed E-state index contributed by atoms with van der Waals surface area (Å²) in [4.78, 5) is 2.37. The summed E-state index contributed by atoms with van der Waals surface area (Å²) in [5.74, 6) is 0. The number of anilines is 3. The van der Waals surface area contributed by atoms with E-state index in [9.17, 15) is 0 Å². The monoisotopic (exact) mass is 752 g/mol. The minimum Gasteiger partial charge on any atom is -0.455 e. The lowest BCUT2D eigenvalue weighted by atomic mass is 9.97. The van der Waals surface area contributed by atoms with E-state index in [1.807, 2.05) is 6.07 Å². The number of fused-ring (bicyclic) bond motifs is 9. The topological polar surface area (TPSA) is 21.3 Å². The maximum Gasteiger partial charge on any atom is 0.143 e. The van der Waals surface area contributed by atoms with Crippen molar-refractivity contribution in [3.05, 3.63) is 218 Å². The normalized spacial score (nSPS) is 11.7. The van der Waals surface area contributed by atoms with Crippen molar-refractivity contribution in [2.24, 2.45) is 0 Å². The Hall–Kier alpha value is -7.88. The van der Waals surface area contributed by atoms with E-state index in [1.54, 1.807) is 0 Å². The quantitative estimate of drug-likeness (QED) is 0.158. The first kappa shape index (κ1) is 33.3. The Morgan fingerprint density at radius 3 is 1.73 bits per heavy atom. The van der Waals surface area contributed by atoms with Gasteiger partial charge in [0.05, 0.1) is 16.7 Å². The molecule has 0 aliphatic heterocycles. The Balaban J connectivity index is 1.05. The zero-order valence-corrected chi connectivity index (χ0v) is 32.1. The van der Waals surface area contributed by atoms with Crippen molar-refractivity contribution in [3.8, 4) is 27.9 Å². The summed E-state index contributed by atoms with van der Waals surface area (Å²) in [5, 5.41) is 9.69. The molecule has 0 aliphatic rings. The lowest BCUT2D eigenvalue weighted by molar-refractivity contribution is 0.670. The molecule has 0 unspecified atom stereocenters. The van der Waals surface area contributed by atoms with Gasteiger partial charge in [0.25, 0.3) is 0 Å². The minimum absolute atomic E-state index is 0.870. The van der Waals surface area contributed by atoms with Crippen LogP contribution in [-0.2, 0) is 0 Å². The Morgan fingerprint density at radius 1 is 0.339 bits per heavy atom. The second-order valence-corrected chi connectivity index (χ2v) is 15.3. The molecule has 12 aromatic rings. The van der Waals surface area contributed by atoms with Crippen molar-refractivity contribution in [2.75, 3.05) is 4.90 Å². The van der Waals surface area contributed by atoms with E-state index < -0.39 is 0 Å². The van der Waals surface area contributed by atoms with E-state index in [1.165, 1.54) is 54.5 Å². The molecule has 59 heavy (non-hydrogen) atoms. The number of hydrogen-bond acceptors (Lipinski definition) is 2. The van der Waals surface area contributed by atoms with E-state index in [0.29, 0.717) is 0 Å². The van der Waals surface area contributed by atoms with Gasteiger partial charge in [-0.25, -0.2) is 0 Å². The molecular formula is C56H36N2O. The van der Waals surface area contributed by atoms with Crippen LogP contribution in [-0.4, -0.2) is 4.57 Å². The number of benzene rings is 10. The van der Waals surface area contributed by atoms with Gasteiger partial charge in [-0.05, 0) is 99.4 Å². The van der Waals surface area contributed by atoms with Gasteiger partial charge in [-0.15, -0.1) is 0 Å². The molecule has 2 aromatic heterocycles. The zero-order chi connectivity index (χ0) is 38.9. The first-order chi connectivity index (χ1) is 29.3. The molecule has 0 aliphatic carbocycles. The molecule has 10 aromatic carbocycles. The third-order valence-corrected chi connectivity index (χ3v) is 12.0. The molecule has 0 atom stereocenters. The molecule has 3 heteroatoms. The molecule has 0 radical (unpaired) electrons. The molecule has 276 valence electrons. The van der Waals surface area contributed by atoms with Crippen molar-refractivity contribution in [1.29, 1.82) is 0 Å². The fourth-order valence-corrected chi connectivity index (χ4v) is 9.24. The van der Waals surface area contributed by atoms with Crippen molar-refractivity contribution >= 4 is 82.4 Å². The predicted molar refractivity (Wildman–Crippen MR) is 249 cm³/mol. The maximum absolute atomic E-state index is 6.82. The molecule has 2 heterocycles. The summed E-state index contributed by atoms with van der Waals surface area (Å²) in [5.41, 5.74) is 12.9. The summed E-state index contributed by atoms with van der Waals surface area (Å²) in [6.45, 7) is 0. The van der Waals surface area contributed by atoms with Crippen LogP contribution in [0.15, 0.2) is 223 Å². The van der Waals surface area contributed by atoms with Crippen molar-refractivity contribution < 1.29 is 4.42 Å². The number of furan rings is 1. The minimum atomic E-state index is 0.870. The van der Waals surface area contributed by atoms with Crippen molar-refractivity contribution in [3.63, 3.8) is 0 Å². The molecule has 0 saturated carbocycles. The predicted octanol–water partition coefficient (Wildman–Crippen LogP) is 15.8. The molecular weight excluding hydrogens is 717 g/mol. The van der Waals surface area contributed by atoms with Crippen LogP contribution in [0.5, 0.6) is 0 Å². The van der Waals surface area contributed by atoms with Gasteiger partial charge in [-0.2, -0.15) is 0 Å². The molecule has 0 spiro atoms. The van der Waals surface area contributed by atoms with Crippen LogP contribution < -0.4 is 4.90 Å². The van der Waals surface area contributed by atoms with E-state index in [-0.39, 0.29) is 0 Å². The number of rotatable bonds is 6. The average molecular weight is 753 g/mol. The fourth-order valence-electron chi connectivity index (χ4n) is 9.24. The van der Waals surface area contributed by atoms with E-state index in [2.05, 4.69) is 222 Å². The number of nitrogens with zero attached hydrogens (tertiary/aromatic N) is 2. The molecule has 0 amide bonds. The van der Waals surface area contributed by atoms with Gasteiger partial charge in [-0.3, -0.25) is 0 Å². The first-order valence-electron chi connectivity index (χ1n) is 20.2. The second-order valence-electron chi connectivity index (χ2n) is 15.3. The Morgan fingerprint density at radius 2 is 0.932 bits per heavy atom.